The van der Waals surface area contributed by atoms with E-state index in [1.54, 1.807) is 23.5 Å². The third-order valence-corrected chi connectivity index (χ3v) is 7.47. The number of fused-ring (bicyclic) bond motifs is 1. The molecule has 0 N–H and O–H groups in total. The van der Waals surface area contributed by atoms with E-state index in [4.69, 9.17) is 9.97 Å². The zero-order valence-electron chi connectivity index (χ0n) is 18.3. The van der Waals surface area contributed by atoms with Gasteiger partial charge in [-0.3, -0.25) is 10.1 Å². The molecule has 0 spiro atoms. The summed E-state index contributed by atoms with van der Waals surface area (Å²) >= 11 is 3.10. The second kappa shape index (κ2) is 10.2. The van der Waals surface area contributed by atoms with Gasteiger partial charge in [-0.15, -0.1) is 0 Å². The van der Waals surface area contributed by atoms with E-state index < -0.39 is 4.92 Å². The molecule has 0 aliphatic heterocycles. The molecule has 2 aromatic carbocycles. The summed E-state index contributed by atoms with van der Waals surface area (Å²) in [6.07, 6.45) is 4.81. The van der Waals surface area contributed by atoms with Crippen LogP contribution in [0.3, 0.4) is 0 Å². The fourth-order valence-corrected chi connectivity index (χ4v) is 5.55. The Bertz CT molecular complexity index is 1140. The minimum Gasteiger partial charge on any atom is -0.372 e. The average Bonchev–Trinajstić information content (AvgIpc) is 3.39. The van der Waals surface area contributed by atoms with Gasteiger partial charge in [-0.2, -0.15) is 0 Å². The second-order valence-corrected chi connectivity index (χ2v) is 9.65. The molecule has 0 radical (unpaired) electrons. The van der Waals surface area contributed by atoms with Crippen LogP contribution in [0.15, 0.2) is 48.5 Å². The first-order valence-corrected chi connectivity index (χ1v) is 12.6. The zero-order chi connectivity index (χ0) is 22.5. The molecule has 4 rings (SSSR count). The highest BCUT2D eigenvalue weighted by atomic mass is 32.1. The highest BCUT2D eigenvalue weighted by Crippen LogP contribution is 2.37. The van der Waals surface area contributed by atoms with Crippen molar-refractivity contribution in [2.45, 2.75) is 39.5 Å². The van der Waals surface area contributed by atoms with Crippen LogP contribution in [-0.2, 0) is 0 Å². The van der Waals surface area contributed by atoms with Gasteiger partial charge in [0, 0.05) is 42.0 Å². The third-order valence-electron chi connectivity index (χ3n) is 5.34. The van der Waals surface area contributed by atoms with E-state index in [0.29, 0.717) is 0 Å². The summed E-state index contributed by atoms with van der Waals surface area (Å²) in [5, 5.41) is 12.7. The van der Waals surface area contributed by atoms with Gasteiger partial charge in [-0.05, 0) is 49.2 Å². The third kappa shape index (κ3) is 4.97. The van der Waals surface area contributed by atoms with E-state index in [9.17, 15) is 10.1 Å². The number of unbranched alkanes of at least 4 members (excludes halogenated alkanes) is 2. The molecule has 8 heteroatoms. The van der Waals surface area contributed by atoms with E-state index in [2.05, 4.69) is 43.0 Å². The van der Waals surface area contributed by atoms with E-state index in [-0.39, 0.29) is 5.69 Å². The summed E-state index contributed by atoms with van der Waals surface area (Å²) in [5.41, 5.74) is 3.33. The molecule has 4 aromatic rings. The maximum Gasteiger partial charge on any atom is 0.269 e. The minimum absolute atomic E-state index is 0.0823. The summed E-state index contributed by atoms with van der Waals surface area (Å²) in [7, 11) is 0. The summed E-state index contributed by atoms with van der Waals surface area (Å²) in [4.78, 5) is 24.3. The molecular formula is C24H26N4O2S2. The lowest BCUT2D eigenvalue weighted by atomic mass is 10.1. The first kappa shape index (κ1) is 22.4. The second-order valence-electron chi connectivity index (χ2n) is 7.69. The van der Waals surface area contributed by atoms with Crippen molar-refractivity contribution in [3.05, 3.63) is 58.6 Å². The summed E-state index contributed by atoms with van der Waals surface area (Å²) < 4.78 is 0. The van der Waals surface area contributed by atoms with Crippen molar-refractivity contribution in [3.63, 3.8) is 0 Å². The van der Waals surface area contributed by atoms with Crippen molar-refractivity contribution in [2.75, 3.05) is 18.0 Å². The predicted octanol–water partition coefficient (Wildman–Crippen LogP) is 7.40. The first-order chi connectivity index (χ1) is 15.6. The minimum atomic E-state index is -0.393. The van der Waals surface area contributed by atoms with E-state index in [1.165, 1.54) is 54.8 Å². The number of hydrogen-bond donors (Lipinski definition) is 0. The Morgan fingerprint density at radius 2 is 1.28 bits per heavy atom. The number of non-ortho nitro benzene ring substituents is 1. The Morgan fingerprint density at radius 3 is 1.72 bits per heavy atom. The molecule has 0 saturated heterocycles. The molecule has 2 aromatic heterocycles. The van der Waals surface area contributed by atoms with Crippen molar-refractivity contribution < 1.29 is 4.92 Å². The fraction of sp³-hybridized carbons (Fsp3) is 0.333. The summed E-state index contributed by atoms with van der Waals surface area (Å²) in [6, 6.07) is 15.2. The molecule has 0 saturated carbocycles. The Kier molecular flexibility index (Phi) is 7.12. The van der Waals surface area contributed by atoms with Crippen LogP contribution < -0.4 is 4.90 Å². The molecule has 0 aliphatic carbocycles. The molecule has 6 nitrogen and oxygen atoms in total. The Hall–Kier alpha value is -2.84. The Morgan fingerprint density at radius 1 is 0.812 bits per heavy atom. The van der Waals surface area contributed by atoms with Gasteiger partial charge in [-0.1, -0.05) is 49.4 Å². The molecule has 2 heterocycles. The molecule has 166 valence electrons. The summed E-state index contributed by atoms with van der Waals surface area (Å²) in [5.74, 6) is 0. The van der Waals surface area contributed by atoms with Gasteiger partial charge in [0.2, 0.25) is 0 Å². The standard InChI is InChI=1S/C24H26N4O2S2/c1-3-5-15-27(16-6-4-2)19-11-7-17(8-12-19)21-25-23-24(31-21)26-22(32-23)18-9-13-20(14-10-18)28(29)30/h7-14H,3-6,15-16H2,1-2H3. The van der Waals surface area contributed by atoms with E-state index >= 15 is 0 Å². The molecule has 0 aliphatic rings. The van der Waals surface area contributed by atoms with Gasteiger partial charge >= 0.3 is 0 Å². The lowest BCUT2D eigenvalue weighted by Crippen LogP contribution is -2.25. The molecular weight excluding hydrogens is 440 g/mol. The Labute approximate surface area is 195 Å². The number of rotatable bonds is 10. The molecule has 0 atom stereocenters. The SMILES string of the molecule is CCCCN(CCCC)c1ccc(-c2nc3sc(-c4ccc([N+](=O)[O-])cc4)nc3s2)cc1. The maximum atomic E-state index is 10.9. The highest BCUT2D eigenvalue weighted by Gasteiger charge is 2.14. The largest absolute Gasteiger partial charge is 0.372 e. The number of nitrogens with zero attached hydrogens (tertiary/aromatic N) is 4. The Balaban J connectivity index is 1.52. The number of hydrogen-bond acceptors (Lipinski definition) is 7. The van der Waals surface area contributed by atoms with Crippen LogP contribution in [0.2, 0.25) is 0 Å². The number of benzene rings is 2. The van der Waals surface area contributed by atoms with Crippen LogP contribution in [0.5, 0.6) is 0 Å². The van der Waals surface area contributed by atoms with Crippen LogP contribution in [0.1, 0.15) is 39.5 Å². The van der Waals surface area contributed by atoms with Gasteiger partial charge < -0.3 is 4.90 Å². The van der Waals surface area contributed by atoms with Crippen molar-refractivity contribution >= 4 is 43.7 Å². The van der Waals surface area contributed by atoms with Gasteiger partial charge in [0.25, 0.3) is 5.69 Å². The quantitative estimate of drug-likeness (QED) is 0.180. The van der Waals surface area contributed by atoms with Crippen LogP contribution >= 0.6 is 22.7 Å². The van der Waals surface area contributed by atoms with Crippen LogP contribution in [0, 0.1) is 10.1 Å². The van der Waals surface area contributed by atoms with Crippen LogP contribution in [-0.4, -0.2) is 28.0 Å². The van der Waals surface area contributed by atoms with E-state index in [1.807, 2.05) is 0 Å². The molecule has 0 unspecified atom stereocenters. The molecule has 0 bridgehead atoms. The number of aromatic nitrogens is 2. The van der Waals surface area contributed by atoms with Gasteiger partial charge in [0.1, 0.15) is 10.0 Å². The van der Waals surface area contributed by atoms with Crippen molar-refractivity contribution in [3.8, 4) is 21.1 Å². The van der Waals surface area contributed by atoms with Crippen LogP contribution in [0.4, 0.5) is 11.4 Å². The topological polar surface area (TPSA) is 72.2 Å². The van der Waals surface area contributed by atoms with Crippen molar-refractivity contribution in [1.29, 1.82) is 0 Å². The lowest BCUT2D eigenvalue weighted by Gasteiger charge is -2.24. The number of nitro groups is 1. The first-order valence-electron chi connectivity index (χ1n) is 11.0. The molecule has 0 amide bonds. The van der Waals surface area contributed by atoms with Gasteiger partial charge in [-0.25, -0.2) is 9.97 Å². The number of thiazole rings is 2. The van der Waals surface area contributed by atoms with Crippen molar-refractivity contribution in [2.24, 2.45) is 0 Å². The van der Waals surface area contributed by atoms with E-state index in [0.717, 1.165) is 43.9 Å². The normalized spacial score (nSPS) is 11.2. The maximum absolute atomic E-state index is 10.9. The summed E-state index contributed by atoms with van der Waals surface area (Å²) in [6.45, 7) is 6.66. The fourth-order valence-electron chi connectivity index (χ4n) is 3.50. The smallest absolute Gasteiger partial charge is 0.269 e. The lowest BCUT2D eigenvalue weighted by molar-refractivity contribution is -0.384. The predicted molar refractivity (Wildman–Crippen MR) is 135 cm³/mol. The molecule has 0 fully saturated rings. The van der Waals surface area contributed by atoms with Crippen molar-refractivity contribution in [1.82, 2.24) is 9.97 Å². The number of anilines is 1. The zero-order valence-corrected chi connectivity index (χ0v) is 19.9. The number of nitro benzene ring substituents is 1. The molecule has 32 heavy (non-hydrogen) atoms. The van der Waals surface area contributed by atoms with Gasteiger partial charge in [0.15, 0.2) is 9.66 Å². The van der Waals surface area contributed by atoms with Gasteiger partial charge in [0.05, 0.1) is 4.92 Å². The monoisotopic (exact) mass is 466 g/mol. The highest BCUT2D eigenvalue weighted by molar-refractivity contribution is 7.29. The van der Waals surface area contributed by atoms with Crippen LogP contribution in [0.25, 0.3) is 30.8 Å². The average molecular weight is 467 g/mol.